The lowest BCUT2D eigenvalue weighted by molar-refractivity contribution is 0.107. The number of hydrogen-bond donors (Lipinski definition) is 1. The molecule has 2 rings (SSSR count). The lowest BCUT2D eigenvalue weighted by atomic mass is 10.1. The first-order valence-corrected chi connectivity index (χ1v) is 6.82. The van der Waals surface area contributed by atoms with Crippen LogP contribution in [0, 0.1) is 0 Å². The summed E-state index contributed by atoms with van der Waals surface area (Å²) in [6, 6.07) is 6.40. The van der Waals surface area contributed by atoms with E-state index in [0.717, 1.165) is 38.3 Å². The molecule has 0 saturated carbocycles. The van der Waals surface area contributed by atoms with E-state index in [0.29, 0.717) is 6.10 Å². The number of nitrogens with one attached hydrogen (secondary N) is 1. The summed E-state index contributed by atoms with van der Waals surface area (Å²) >= 11 is 0. The van der Waals surface area contributed by atoms with Gasteiger partial charge in [-0.15, -0.1) is 0 Å². The molecule has 19 heavy (non-hydrogen) atoms. The maximum Gasteiger partial charge on any atom is 0.123 e. The van der Waals surface area contributed by atoms with Gasteiger partial charge in [0.05, 0.1) is 13.2 Å². The SMILES string of the molecule is CNCc1ccc(OC)c(CN2CCC(OC)C2)c1. The maximum absolute atomic E-state index is 5.46. The molecule has 1 aromatic carbocycles. The number of methoxy groups -OCH3 is 2. The van der Waals surface area contributed by atoms with E-state index in [1.807, 2.05) is 7.05 Å². The van der Waals surface area contributed by atoms with E-state index >= 15 is 0 Å². The molecule has 0 spiro atoms. The summed E-state index contributed by atoms with van der Waals surface area (Å²) in [4.78, 5) is 2.43. The highest BCUT2D eigenvalue weighted by atomic mass is 16.5. The van der Waals surface area contributed by atoms with Crippen LogP contribution in [0.3, 0.4) is 0 Å². The second-order valence-corrected chi connectivity index (χ2v) is 5.06. The van der Waals surface area contributed by atoms with Crippen LogP contribution in [0.2, 0.25) is 0 Å². The highest BCUT2D eigenvalue weighted by molar-refractivity contribution is 5.37. The zero-order valence-corrected chi connectivity index (χ0v) is 12.1. The van der Waals surface area contributed by atoms with Gasteiger partial charge >= 0.3 is 0 Å². The predicted molar refractivity (Wildman–Crippen MR) is 76.4 cm³/mol. The lowest BCUT2D eigenvalue weighted by Crippen LogP contribution is -2.22. The van der Waals surface area contributed by atoms with Gasteiger partial charge in [-0.05, 0) is 31.2 Å². The standard InChI is InChI=1S/C15H24N2O2/c1-16-9-12-4-5-15(19-3)13(8-12)10-17-7-6-14(11-17)18-2/h4-5,8,14,16H,6-7,9-11H2,1-3H3. The van der Waals surface area contributed by atoms with Crippen LogP contribution in [0.5, 0.6) is 5.75 Å². The van der Waals surface area contributed by atoms with Crippen LogP contribution < -0.4 is 10.1 Å². The third-order valence-electron chi connectivity index (χ3n) is 3.68. The molecule has 106 valence electrons. The average Bonchev–Trinajstić information content (AvgIpc) is 2.87. The largest absolute Gasteiger partial charge is 0.496 e. The molecule has 4 heteroatoms. The lowest BCUT2D eigenvalue weighted by Gasteiger charge is -2.18. The number of nitrogens with zero attached hydrogens (tertiary/aromatic N) is 1. The molecule has 4 nitrogen and oxygen atoms in total. The van der Waals surface area contributed by atoms with Crippen molar-refractivity contribution in [2.75, 3.05) is 34.4 Å². The van der Waals surface area contributed by atoms with Crippen molar-refractivity contribution < 1.29 is 9.47 Å². The van der Waals surface area contributed by atoms with Crippen molar-refractivity contribution in [1.82, 2.24) is 10.2 Å². The van der Waals surface area contributed by atoms with Crippen LogP contribution in [-0.4, -0.2) is 45.4 Å². The molecule has 1 aliphatic rings. The Morgan fingerprint density at radius 1 is 1.37 bits per heavy atom. The number of rotatable bonds is 6. The van der Waals surface area contributed by atoms with Gasteiger partial charge in [-0.2, -0.15) is 0 Å². The molecular weight excluding hydrogens is 240 g/mol. The molecule has 0 aromatic heterocycles. The molecular formula is C15H24N2O2. The Morgan fingerprint density at radius 2 is 2.21 bits per heavy atom. The Morgan fingerprint density at radius 3 is 2.84 bits per heavy atom. The number of benzene rings is 1. The van der Waals surface area contributed by atoms with Gasteiger partial charge in [-0.25, -0.2) is 0 Å². The summed E-state index contributed by atoms with van der Waals surface area (Å²) < 4.78 is 10.9. The van der Waals surface area contributed by atoms with E-state index < -0.39 is 0 Å². The van der Waals surface area contributed by atoms with Gasteiger partial charge in [0.2, 0.25) is 0 Å². The van der Waals surface area contributed by atoms with Crippen molar-refractivity contribution >= 4 is 0 Å². The van der Waals surface area contributed by atoms with E-state index in [-0.39, 0.29) is 0 Å². The fourth-order valence-corrected chi connectivity index (χ4v) is 2.64. The van der Waals surface area contributed by atoms with Gasteiger partial charge < -0.3 is 14.8 Å². The predicted octanol–water partition coefficient (Wildman–Crippen LogP) is 1.64. The second kappa shape index (κ2) is 6.89. The molecule has 0 aliphatic carbocycles. The van der Waals surface area contributed by atoms with Gasteiger partial charge in [-0.3, -0.25) is 4.90 Å². The van der Waals surface area contributed by atoms with E-state index in [1.54, 1.807) is 14.2 Å². The van der Waals surface area contributed by atoms with Crippen molar-refractivity contribution in [1.29, 1.82) is 0 Å². The molecule has 0 radical (unpaired) electrons. The van der Waals surface area contributed by atoms with E-state index in [1.165, 1.54) is 11.1 Å². The first-order chi connectivity index (χ1) is 9.26. The zero-order valence-electron chi connectivity index (χ0n) is 12.1. The van der Waals surface area contributed by atoms with E-state index in [2.05, 4.69) is 28.4 Å². The minimum absolute atomic E-state index is 0.381. The van der Waals surface area contributed by atoms with Gasteiger partial charge in [0, 0.05) is 38.9 Å². The Bertz CT molecular complexity index is 409. The Labute approximate surface area is 115 Å². The Balaban J connectivity index is 2.07. The normalized spacial score (nSPS) is 19.8. The summed E-state index contributed by atoms with van der Waals surface area (Å²) in [5.74, 6) is 0.973. The van der Waals surface area contributed by atoms with Gasteiger partial charge in [-0.1, -0.05) is 6.07 Å². The molecule has 1 atom stereocenters. The van der Waals surface area contributed by atoms with Crippen LogP contribution in [0.25, 0.3) is 0 Å². The third-order valence-corrected chi connectivity index (χ3v) is 3.68. The van der Waals surface area contributed by atoms with Gasteiger partial charge in [0.15, 0.2) is 0 Å². The Kier molecular flexibility index (Phi) is 5.19. The smallest absolute Gasteiger partial charge is 0.123 e. The highest BCUT2D eigenvalue weighted by Crippen LogP contribution is 2.24. The third kappa shape index (κ3) is 3.69. The van der Waals surface area contributed by atoms with Crippen LogP contribution in [0.4, 0.5) is 0 Å². The van der Waals surface area contributed by atoms with Crippen molar-refractivity contribution in [2.45, 2.75) is 25.6 Å². The van der Waals surface area contributed by atoms with E-state index in [9.17, 15) is 0 Å². The molecule has 1 fully saturated rings. The summed E-state index contributed by atoms with van der Waals surface area (Å²) in [6.07, 6.45) is 1.50. The second-order valence-electron chi connectivity index (χ2n) is 5.06. The molecule has 0 amide bonds. The molecule has 1 heterocycles. The summed E-state index contributed by atoms with van der Waals surface area (Å²) in [5, 5.41) is 3.18. The van der Waals surface area contributed by atoms with Crippen molar-refractivity contribution in [3.05, 3.63) is 29.3 Å². The van der Waals surface area contributed by atoms with Crippen LogP contribution in [0.1, 0.15) is 17.5 Å². The Hall–Kier alpha value is -1.10. The molecule has 1 N–H and O–H groups in total. The molecule has 0 bridgehead atoms. The van der Waals surface area contributed by atoms with Gasteiger partial charge in [0.25, 0.3) is 0 Å². The summed E-state index contributed by atoms with van der Waals surface area (Å²) in [7, 11) is 5.49. The topological polar surface area (TPSA) is 33.7 Å². The molecule has 1 saturated heterocycles. The molecule has 1 unspecified atom stereocenters. The fraction of sp³-hybridized carbons (Fsp3) is 0.600. The van der Waals surface area contributed by atoms with E-state index in [4.69, 9.17) is 9.47 Å². The number of hydrogen-bond acceptors (Lipinski definition) is 4. The molecule has 1 aliphatic heterocycles. The first-order valence-electron chi connectivity index (χ1n) is 6.82. The summed E-state index contributed by atoms with van der Waals surface area (Å²) in [6.45, 7) is 3.92. The fourth-order valence-electron chi connectivity index (χ4n) is 2.64. The van der Waals surface area contributed by atoms with Crippen LogP contribution >= 0.6 is 0 Å². The van der Waals surface area contributed by atoms with Crippen molar-refractivity contribution in [3.63, 3.8) is 0 Å². The van der Waals surface area contributed by atoms with Crippen molar-refractivity contribution in [3.8, 4) is 5.75 Å². The van der Waals surface area contributed by atoms with Crippen LogP contribution in [-0.2, 0) is 17.8 Å². The minimum atomic E-state index is 0.381. The number of ether oxygens (including phenoxy) is 2. The van der Waals surface area contributed by atoms with Crippen molar-refractivity contribution in [2.24, 2.45) is 0 Å². The quantitative estimate of drug-likeness (QED) is 0.847. The zero-order chi connectivity index (χ0) is 13.7. The highest BCUT2D eigenvalue weighted by Gasteiger charge is 2.22. The maximum atomic E-state index is 5.46. The monoisotopic (exact) mass is 264 g/mol. The minimum Gasteiger partial charge on any atom is -0.496 e. The first kappa shape index (κ1) is 14.3. The average molecular weight is 264 g/mol. The van der Waals surface area contributed by atoms with Gasteiger partial charge in [0.1, 0.15) is 5.75 Å². The number of likely N-dealkylation sites (tertiary alicyclic amines) is 1. The summed E-state index contributed by atoms with van der Waals surface area (Å²) in [5.41, 5.74) is 2.55. The van der Waals surface area contributed by atoms with Crippen LogP contribution in [0.15, 0.2) is 18.2 Å². The molecule has 1 aromatic rings.